The third-order valence-corrected chi connectivity index (χ3v) is 10.5. The zero-order chi connectivity index (χ0) is 30.3. The van der Waals surface area contributed by atoms with Crippen LogP contribution in [0.2, 0.25) is 0 Å². The van der Waals surface area contributed by atoms with E-state index in [1.807, 2.05) is 6.92 Å². The van der Waals surface area contributed by atoms with Crippen molar-refractivity contribution in [1.29, 1.82) is 0 Å². The molecule has 4 atom stereocenters. The largest absolute Gasteiger partial charge is 0.464 e. The van der Waals surface area contributed by atoms with Crippen LogP contribution in [0, 0.1) is 17.8 Å². The fourth-order valence-electron chi connectivity index (χ4n) is 5.20. The van der Waals surface area contributed by atoms with Crippen LogP contribution in [0.3, 0.4) is 0 Å². The molecule has 0 saturated heterocycles. The van der Waals surface area contributed by atoms with E-state index in [0.717, 1.165) is 25.7 Å². The fourth-order valence-corrected chi connectivity index (χ4v) is 6.99. The fraction of sp³-hybridized carbons (Fsp3) is 0.917. The number of carbonyl (C=O) groups excluding carboxylic acids is 2. The Morgan fingerprint density at radius 2 is 1.72 bits per heavy atom. The Morgan fingerprint density at radius 1 is 1.13 bits per heavy atom. The van der Waals surface area contributed by atoms with Crippen molar-refractivity contribution in [3.05, 3.63) is 0 Å². The summed E-state index contributed by atoms with van der Waals surface area (Å²) >= 11 is 10.5. The third kappa shape index (κ3) is 8.41. The molecule has 0 aromatic carbocycles. The summed E-state index contributed by atoms with van der Waals surface area (Å²) in [7, 11) is -6.95. The Kier molecular flexibility index (Phi) is 13.4. The number of halogens is 7. The summed E-state index contributed by atoms with van der Waals surface area (Å²) in [6, 6.07) is 0. The van der Waals surface area contributed by atoms with E-state index in [-0.39, 0.29) is 29.4 Å². The smallest absolute Gasteiger partial charge is 0.430 e. The van der Waals surface area contributed by atoms with Crippen molar-refractivity contribution in [2.24, 2.45) is 17.8 Å². The topological polar surface area (TPSA) is 97.7 Å². The first kappa shape index (κ1) is 36.3. The van der Waals surface area contributed by atoms with Crippen LogP contribution in [-0.2, 0) is 24.4 Å². The Labute approximate surface area is 236 Å². The van der Waals surface area contributed by atoms with Crippen LogP contribution in [0.25, 0.3) is 0 Å². The number of carbonyl (C=O) groups is 2. The van der Waals surface area contributed by atoms with Crippen molar-refractivity contribution in [1.82, 2.24) is 0 Å². The first-order chi connectivity index (χ1) is 17.8. The molecule has 230 valence electrons. The molecule has 2 saturated carbocycles. The van der Waals surface area contributed by atoms with E-state index in [2.05, 4.69) is 11.7 Å². The number of hydrogen-bond acceptors (Lipinski definition) is 6. The molecule has 4 unspecified atom stereocenters. The van der Waals surface area contributed by atoms with Gasteiger partial charge in [-0.2, -0.15) is 47.4 Å². The summed E-state index contributed by atoms with van der Waals surface area (Å²) in [5.41, 5.74) is 0. The van der Waals surface area contributed by atoms with E-state index in [0.29, 0.717) is 30.4 Å². The molecule has 0 aliphatic heterocycles. The second kappa shape index (κ2) is 14.4. The lowest BCUT2D eigenvalue weighted by Gasteiger charge is -2.38. The highest BCUT2D eigenvalue weighted by Crippen LogP contribution is 2.50. The lowest BCUT2D eigenvalue weighted by atomic mass is 9.74. The minimum absolute atomic E-state index is 0.0392. The Balaban J connectivity index is 0.000000451. The monoisotopic (exact) mass is 634 g/mol. The minimum Gasteiger partial charge on any atom is -0.464 e. The summed E-state index contributed by atoms with van der Waals surface area (Å²) in [6.45, 7) is 3.23. The van der Waals surface area contributed by atoms with Gasteiger partial charge in [-0.05, 0) is 56.8 Å². The first-order valence-electron chi connectivity index (χ1n) is 12.9. The molecule has 6 nitrogen and oxygen atoms in total. The van der Waals surface area contributed by atoms with Gasteiger partial charge in [0.2, 0.25) is 0 Å². The number of ether oxygens (including phenoxy) is 1. The zero-order valence-electron chi connectivity index (χ0n) is 21.9. The van der Waals surface area contributed by atoms with E-state index in [9.17, 15) is 44.3 Å². The van der Waals surface area contributed by atoms with Crippen LogP contribution in [0.1, 0.15) is 84.5 Å². The van der Waals surface area contributed by atoms with Crippen LogP contribution in [0.15, 0.2) is 0 Å². The van der Waals surface area contributed by atoms with Crippen LogP contribution in [0.5, 0.6) is 0 Å². The average molecular weight is 635 g/mol. The van der Waals surface area contributed by atoms with Gasteiger partial charge in [0.15, 0.2) is 0 Å². The summed E-state index contributed by atoms with van der Waals surface area (Å²) in [5.74, 6) is -1.38. The molecule has 39 heavy (non-hydrogen) atoms. The Morgan fingerprint density at radius 3 is 2.13 bits per heavy atom. The predicted molar refractivity (Wildman–Crippen MR) is 137 cm³/mol. The number of esters is 1. The van der Waals surface area contributed by atoms with Gasteiger partial charge in [-0.1, -0.05) is 33.1 Å². The summed E-state index contributed by atoms with van der Waals surface area (Å²) < 4.78 is 105. The molecular formula is C24H37ClF6O6S2. The molecule has 2 aliphatic carbocycles. The minimum atomic E-state index is -6.95. The van der Waals surface area contributed by atoms with Crippen molar-refractivity contribution < 1.29 is 53.6 Å². The van der Waals surface area contributed by atoms with Crippen LogP contribution in [0.4, 0.5) is 26.3 Å². The number of unbranched alkanes of at least 4 members (excludes halogenated alkanes) is 1. The zero-order valence-corrected chi connectivity index (χ0v) is 24.4. The molecule has 1 N–H and O–H groups in total. The summed E-state index contributed by atoms with van der Waals surface area (Å²) in [5, 5.41) is 0. The molecular weight excluding hydrogens is 598 g/mol. The maximum Gasteiger partial charge on any atom is 0.430 e. The van der Waals surface area contributed by atoms with Gasteiger partial charge in [0.25, 0.3) is 0 Å². The Hall–Kier alpha value is -0.730. The molecule has 2 rings (SSSR count). The molecule has 0 spiro atoms. The summed E-state index contributed by atoms with van der Waals surface area (Å²) in [4.78, 5) is 23.3. The van der Waals surface area contributed by atoms with Crippen LogP contribution in [-0.4, -0.2) is 59.1 Å². The quantitative estimate of drug-likeness (QED) is 0.0674. The number of rotatable bonds is 10. The van der Waals surface area contributed by atoms with E-state index >= 15 is 0 Å². The molecule has 15 heteroatoms. The maximum atomic E-state index is 12.8. The maximum absolute atomic E-state index is 12.8. The highest BCUT2D eigenvalue weighted by molar-refractivity contribution is 7.88. The average Bonchev–Trinajstić information content (AvgIpc) is 3.13. The highest BCUT2D eigenvalue weighted by atomic mass is 35.5. The lowest BCUT2D eigenvalue weighted by molar-refractivity contribution is -0.268. The van der Waals surface area contributed by atoms with Gasteiger partial charge in [0.05, 0.1) is 6.61 Å². The summed E-state index contributed by atoms with van der Waals surface area (Å²) in [6.07, 6.45) is -4.05. The lowest BCUT2D eigenvalue weighted by Crippen LogP contribution is -2.67. The third-order valence-electron chi connectivity index (χ3n) is 7.73. The van der Waals surface area contributed by atoms with E-state index in [1.54, 1.807) is 0 Å². The van der Waals surface area contributed by atoms with Gasteiger partial charge in [0.1, 0.15) is 5.78 Å². The van der Waals surface area contributed by atoms with Crippen LogP contribution >= 0.6 is 24.2 Å². The van der Waals surface area contributed by atoms with Crippen molar-refractivity contribution in [3.8, 4) is 0 Å². The van der Waals surface area contributed by atoms with Gasteiger partial charge >= 0.3 is 33.2 Å². The van der Waals surface area contributed by atoms with Gasteiger partial charge in [-0.15, -0.1) is 11.6 Å². The van der Waals surface area contributed by atoms with Gasteiger partial charge in [-0.3, -0.25) is 9.35 Å². The highest BCUT2D eigenvalue weighted by Gasteiger charge is 2.84. The van der Waals surface area contributed by atoms with Crippen molar-refractivity contribution in [3.63, 3.8) is 0 Å². The number of thiol groups is 1. The number of alkyl halides is 7. The number of Topliss-reactive ketones (excluding diaryl/α,β-unsaturated/α-hetero) is 1. The normalized spacial score (nSPS) is 25.6. The van der Waals surface area contributed by atoms with Gasteiger partial charge < -0.3 is 4.74 Å². The van der Waals surface area contributed by atoms with Gasteiger partial charge in [0, 0.05) is 23.0 Å². The van der Waals surface area contributed by atoms with E-state index in [4.69, 9.17) is 28.8 Å². The van der Waals surface area contributed by atoms with E-state index < -0.39 is 39.8 Å². The molecule has 0 aromatic heterocycles. The second-order valence-corrected chi connectivity index (χ2v) is 13.0. The molecule has 0 amide bonds. The number of ketones is 1. The SMILES string of the molecule is CC1CCCC1(S)C1CCCCC1=O.CCC(CCl)CCCCOC(=O)C(C(F)(F)F)(C(F)(F)F)S(=O)(=O)O. The molecule has 0 bridgehead atoms. The van der Waals surface area contributed by atoms with Gasteiger partial charge in [-0.25, -0.2) is 4.79 Å². The van der Waals surface area contributed by atoms with Crippen LogP contribution < -0.4 is 0 Å². The molecule has 2 aliphatic rings. The van der Waals surface area contributed by atoms with Crippen molar-refractivity contribution in [2.75, 3.05) is 12.5 Å². The Bertz CT molecular complexity index is 909. The number of hydrogen-bond donors (Lipinski definition) is 2. The first-order valence-corrected chi connectivity index (χ1v) is 15.3. The van der Waals surface area contributed by atoms with E-state index in [1.165, 1.54) is 19.3 Å². The molecule has 0 heterocycles. The standard InChI is InChI=1S/C12H17ClF6O5S.C12H20OS/c1-2-8(7-13)5-3-4-6-24-9(20)10(11(14,15)16,12(17,18)19)25(21,22)23;1-9-5-4-8-12(9,14)10-6-2-3-7-11(10)13/h8H,2-7H2,1H3,(H,21,22,23);9-10,14H,2-8H2,1H3. The molecule has 0 radical (unpaired) electrons. The predicted octanol–water partition coefficient (Wildman–Crippen LogP) is 6.95. The van der Waals surface area contributed by atoms with Crippen molar-refractivity contribution in [2.45, 2.75) is 106 Å². The molecule has 0 aromatic rings. The van der Waals surface area contributed by atoms with Crippen molar-refractivity contribution >= 4 is 46.1 Å². The molecule has 2 fully saturated rings. The second-order valence-electron chi connectivity index (χ2n) is 10.3.